The molecule has 1 fully saturated rings. The molecule has 1 aliphatic carbocycles. The number of hydrogen-bond donors (Lipinski definition) is 1. The maximum Gasteiger partial charge on any atom is 0.264 e. The largest absolute Gasteiger partial charge is 0.492 e. The Balaban J connectivity index is 1.72. The lowest BCUT2D eigenvalue weighted by Crippen LogP contribution is -2.52. The molecule has 1 N–H and O–H groups in total. The number of hydrogen-bond acceptors (Lipinski definition) is 5. The summed E-state index contributed by atoms with van der Waals surface area (Å²) >= 11 is 0. The summed E-state index contributed by atoms with van der Waals surface area (Å²) in [6.07, 6.45) is 3.97. The Bertz CT molecular complexity index is 1480. The van der Waals surface area contributed by atoms with Crippen molar-refractivity contribution in [1.82, 2.24) is 10.2 Å². The maximum absolute atomic E-state index is 14.2. The summed E-state index contributed by atoms with van der Waals surface area (Å²) in [6.45, 7) is 7.33. The second-order valence-electron chi connectivity index (χ2n) is 10.9. The van der Waals surface area contributed by atoms with Crippen LogP contribution in [0.4, 0.5) is 5.69 Å². The van der Waals surface area contributed by atoms with Gasteiger partial charge in [-0.2, -0.15) is 0 Å². The van der Waals surface area contributed by atoms with Crippen molar-refractivity contribution in [3.8, 4) is 5.75 Å². The van der Waals surface area contributed by atoms with Crippen LogP contribution in [0, 0.1) is 13.8 Å². The highest BCUT2D eigenvalue weighted by Gasteiger charge is 2.34. The van der Waals surface area contributed by atoms with Crippen molar-refractivity contribution in [3.63, 3.8) is 0 Å². The molecule has 0 bridgehead atoms. The van der Waals surface area contributed by atoms with Gasteiger partial charge in [-0.15, -0.1) is 0 Å². The van der Waals surface area contributed by atoms with Crippen LogP contribution in [0.3, 0.4) is 0 Å². The first-order chi connectivity index (χ1) is 20.1. The number of anilines is 1. The summed E-state index contributed by atoms with van der Waals surface area (Å²) in [6, 6.07) is 20.3. The lowest BCUT2D eigenvalue weighted by atomic mass is 10.1. The van der Waals surface area contributed by atoms with Gasteiger partial charge in [-0.05, 0) is 70.4 Å². The molecule has 224 valence electrons. The zero-order valence-electron chi connectivity index (χ0n) is 24.9. The van der Waals surface area contributed by atoms with E-state index in [1.165, 1.54) is 17.0 Å². The number of para-hydroxylation sites is 2. The number of benzene rings is 3. The fourth-order valence-electron chi connectivity index (χ4n) is 5.27. The van der Waals surface area contributed by atoms with Gasteiger partial charge in [0.25, 0.3) is 10.0 Å². The molecule has 2 amide bonds. The zero-order valence-corrected chi connectivity index (χ0v) is 25.7. The van der Waals surface area contributed by atoms with E-state index in [1.54, 1.807) is 43.3 Å². The smallest absolute Gasteiger partial charge is 0.264 e. The number of nitrogens with zero attached hydrogens (tertiary/aromatic N) is 2. The Labute approximate surface area is 249 Å². The molecule has 42 heavy (non-hydrogen) atoms. The van der Waals surface area contributed by atoms with Crippen molar-refractivity contribution < 1.29 is 22.7 Å². The molecule has 3 aromatic carbocycles. The van der Waals surface area contributed by atoms with E-state index >= 15 is 0 Å². The summed E-state index contributed by atoms with van der Waals surface area (Å²) in [7, 11) is -4.18. The monoisotopic (exact) mass is 591 g/mol. The second kappa shape index (κ2) is 13.9. The molecule has 4 rings (SSSR count). The Hall–Kier alpha value is -3.85. The van der Waals surface area contributed by atoms with Crippen molar-refractivity contribution in [3.05, 3.63) is 89.5 Å². The highest BCUT2D eigenvalue weighted by Crippen LogP contribution is 2.33. The minimum absolute atomic E-state index is 0.0597. The van der Waals surface area contributed by atoms with Crippen LogP contribution in [0.5, 0.6) is 5.75 Å². The van der Waals surface area contributed by atoms with E-state index in [1.807, 2.05) is 45.0 Å². The van der Waals surface area contributed by atoms with E-state index in [9.17, 15) is 18.0 Å². The summed E-state index contributed by atoms with van der Waals surface area (Å²) < 4.78 is 35.1. The van der Waals surface area contributed by atoms with E-state index in [-0.39, 0.29) is 29.1 Å². The fourth-order valence-corrected chi connectivity index (χ4v) is 6.70. The summed E-state index contributed by atoms with van der Waals surface area (Å²) in [4.78, 5) is 29.1. The lowest BCUT2D eigenvalue weighted by molar-refractivity contribution is -0.139. The quantitative estimate of drug-likeness (QED) is 0.305. The second-order valence-corrected chi connectivity index (χ2v) is 12.8. The van der Waals surface area contributed by atoms with Crippen LogP contribution in [0.2, 0.25) is 0 Å². The number of carbonyl (C=O) groups excluding carboxylic acids is 2. The molecule has 0 spiro atoms. The molecule has 0 unspecified atom stereocenters. The number of aryl methyl sites for hydroxylation is 2. The number of rotatable bonds is 12. The summed E-state index contributed by atoms with van der Waals surface area (Å²) in [5, 5.41) is 3.10. The lowest BCUT2D eigenvalue weighted by Gasteiger charge is -2.33. The normalized spacial score (nSPS) is 14.3. The van der Waals surface area contributed by atoms with Gasteiger partial charge in [0.05, 0.1) is 17.2 Å². The van der Waals surface area contributed by atoms with Crippen molar-refractivity contribution in [2.75, 3.05) is 17.5 Å². The molecule has 1 saturated carbocycles. The third kappa shape index (κ3) is 7.50. The van der Waals surface area contributed by atoms with Crippen LogP contribution in [-0.2, 0) is 26.2 Å². The van der Waals surface area contributed by atoms with Gasteiger partial charge in [-0.1, -0.05) is 72.5 Å². The first-order valence-electron chi connectivity index (χ1n) is 14.6. The molecule has 9 heteroatoms. The average molecular weight is 592 g/mol. The summed E-state index contributed by atoms with van der Waals surface area (Å²) in [5.74, 6) is -0.390. The van der Waals surface area contributed by atoms with Gasteiger partial charge >= 0.3 is 0 Å². The fraction of sp³-hybridized carbons (Fsp3) is 0.394. The van der Waals surface area contributed by atoms with Crippen molar-refractivity contribution in [1.29, 1.82) is 0 Å². The van der Waals surface area contributed by atoms with Gasteiger partial charge in [-0.25, -0.2) is 8.42 Å². The van der Waals surface area contributed by atoms with Crippen LogP contribution in [-0.4, -0.2) is 50.4 Å². The predicted molar refractivity (Wildman–Crippen MR) is 165 cm³/mol. The molecule has 0 aliphatic heterocycles. The molecule has 1 aliphatic rings. The topological polar surface area (TPSA) is 96.0 Å². The molecule has 0 heterocycles. The standard InChI is InChI=1S/C33H41N3O5S/c1-5-41-31-16-9-8-15-30(31)36(42(39,40)29-19-17-24(2)18-20-29)23-32(37)35(22-27-12-10-11-25(3)21-27)26(4)33(38)34-28-13-6-7-14-28/h8-12,15-21,26,28H,5-7,13-14,22-23H2,1-4H3,(H,34,38)/t26-/m1/s1. The van der Waals surface area contributed by atoms with Gasteiger partial charge in [0.15, 0.2) is 0 Å². The first kappa shape index (κ1) is 31.1. The minimum Gasteiger partial charge on any atom is -0.492 e. The number of amides is 2. The first-order valence-corrected chi connectivity index (χ1v) is 16.0. The third-order valence-corrected chi connectivity index (χ3v) is 9.40. The SMILES string of the molecule is CCOc1ccccc1N(CC(=O)N(Cc1cccc(C)c1)[C@H](C)C(=O)NC1CCCC1)S(=O)(=O)c1ccc(C)cc1. The van der Waals surface area contributed by atoms with Crippen LogP contribution in [0.15, 0.2) is 77.7 Å². The highest BCUT2D eigenvalue weighted by molar-refractivity contribution is 7.92. The van der Waals surface area contributed by atoms with Crippen molar-refractivity contribution in [2.24, 2.45) is 0 Å². The van der Waals surface area contributed by atoms with Crippen molar-refractivity contribution >= 4 is 27.5 Å². The van der Waals surface area contributed by atoms with E-state index < -0.39 is 28.5 Å². The average Bonchev–Trinajstić information content (AvgIpc) is 3.48. The molecule has 0 saturated heterocycles. The van der Waals surface area contributed by atoms with E-state index in [0.29, 0.717) is 12.4 Å². The molecule has 1 atom stereocenters. The molecule has 0 radical (unpaired) electrons. The van der Waals surface area contributed by atoms with E-state index in [2.05, 4.69) is 5.32 Å². The van der Waals surface area contributed by atoms with Crippen LogP contribution < -0.4 is 14.4 Å². The van der Waals surface area contributed by atoms with Gasteiger partial charge in [0.2, 0.25) is 11.8 Å². The number of sulfonamides is 1. The Morgan fingerprint density at radius 2 is 1.64 bits per heavy atom. The minimum atomic E-state index is -4.18. The van der Waals surface area contributed by atoms with Crippen molar-refractivity contribution in [2.45, 2.75) is 76.9 Å². The van der Waals surface area contributed by atoms with Crippen LogP contribution >= 0.6 is 0 Å². The highest BCUT2D eigenvalue weighted by atomic mass is 32.2. The number of nitrogens with one attached hydrogen (secondary N) is 1. The molecular formula is C33H41N3O5S. The van der Waals surface area contributed by atoms with E-state index in [4.69, 9.17) is 4.74 Å². The van der Waals surface area contributed by atoms with Gasteiger partial charge in [-0.3, -0.25) is 13.9 Å². The van der Waals surface area contributed by atoms with Crippen LogP contribution in [0.25, 0.3) is 0 Å². The zero-order chi connectivity index (χ0) is 30.3. The number of carbonyl (C=O) groups is 2. The third-order valence-electron chi connectivity index (χ3n) is 7.63. The molecule has 0 aromatic heterocycles. The van der Waals surface area contributed by atoms with Crippen LogP contribution in [0.1, 0.15) is 56.2 Å². The number of ether oxygens (including phenoxy) is 1. The summed E-state index contributed by atoms with van der Waals surface area (Å²) in [5.41, 5.74) is 3.05. The van der Waals surface area contributed by atoms with Gasteiger partial charge < -0.3 is 15.0 Å². The molecule has 8 nitrogen and oxygen atoms in total. The Morgan fingerprint density at radius 3 is 2.31 bits per heavy atom. The molecular weight excluding hydrogens is 550 g/mol. The van der Waals surface area contributed by atoms with Gasteiger partial charge in [0.1, 0.15) is 18.3 Å². The Morgan fingerprint density at radius 1 is 0.952 bits per heavy atom. The van der Waals surface area contributed by atoms with E-state index in [0.717, 1.165) is 46.7 Å². The maximum atomic E-state index is 14.2. The van der Waals surface area contributed by atoms with Gasteiger partial charge in [0, 0.05) is 12.6 Å². The predicted octanol–water partition coefficient (Wildman–Crippen LogP) is 5.37. The Kier molecular flexibility index (Phi) is 10.3. The molecule has 3 aromatic rings.